The Morgan fingerprint density at radius 3 is 2.71 bits per heavy atom. The van der Waals surface area contributed by atoms with Crippen LogP contribution in [0, 0.1) is 6.92 Å². The molecule has 0 bridgehead atoms. The second kappa shape index (κ2) is 7.30. The Labute approximate surface area is 141 Å². The maximum Gasteiger partial charge on any atom is 0.338 e. The highest BCUT2D eigenvalue weighted by Crippen LogP contribution is 2.23. The van der Waals surface area contributed by atoms with E-state index in [1.165, 1.54) is 11.1 Å². The van der Waals surface area contributed by atoms with Gasteiger partial charge < -0.3 is 10.1 Å². The number of carbonyl (C=O) groups excluding carboxylic acids is 2. The van der Waals surface area contributed by atoms with Crippen molar-refractivity contribution in [1.29, 1.82) is 0 Å². The lowest BCUT2D eigenvalue weighted by Crippen LogP contribution is -2.28. The molecule has 4 heteroatoms. The summed E-state index contributed by atoms with van der Waals surface area (Å²) in [7, 11) is 0. The van der Waals surface area contributed by atoms with Crippen molar-refractivity contribution < 1.29 is 14.3 Å². The minimum Gasteiger partial charge on any atom is -0.452 e. The topological polar surface area (TPSA) is 55.4 Å². The fourth-order valence-electron chi connectivity index (χ4n) is 2.97. The number of hydrogen-bond acceptors (Lipinski definition) is 3. The van der Waals surface area contributed by atoms with Crippen molar-refractivity contribution in [2.75, 3.05) is 6.61 Å². The lowest BCUT2D eigenvalue weighted by molar-refractivity contribution is -0.124. The van der Waals surface area contributed by atoms with Gasteiger partial charge in [0.2, 0.25) is 0 Å². The van der Waals surface area contributed by atoms with Crippen molar-refractivity contribution in [2.45, 2.75) is 32.7 Å². The molecule has 1 N–H and O–H groups in total. The van der Waals surface area contributed by atoms with Crippen LogP contribution in [0.1, 0.15) is 39.0 Å². The molecule has 0 radical (unpaired) electrons. The Morgan fingerprint density at radius 2 is 1.88 bits per heavy atom. The smallest absolute Gasteiger partial charge is 0.338 e. The van der Waals surface area contributed by atoms with E-state index < -0.39 is 5.97 Å². The molecule has 2 aromatic carbocycles. The highest BCUT2D eigenvalue weighted by Gasteiger charge is 2.15. The first-order chi connectivity index (χ1) is 11.6. The first-order valence-corrected chi connectivity index (χ1v) is 8.23. The van der Waals surface area contributed by atoms with Gasteiger partial charge in [0.1, 0.15) is 0 Å². The monoisotopic (exact) mass is 323 g/mol. The summed E-state index contributed by atoms with van der Waals surface area (Å²) in [6.07, 6.45) is 3.22. The van der Waals surface area contributed by atoms with E-state index in [4.69, 9.17) is 4.74 Å². The molecular weight excluding hydrogens is 302 g/mol. The van der Waals surface area contributed by atoms with Crippen LogP contribution in [0.4, 0.5) is 0 Å². The summed E-state index contributed by atoms with van der Waals surface area (Å²) in [4.78, 5) is 23.9. The van der Waals surface area contributed by atoms with Gasteiger partial charge in [0, 0.05) is 6.54 Å². The third-order valence-electron chi connectivity index (χ3n) is 4.41. The number of aryl methyl sites for hydroxylation is 3. The van der Waals surface area contributed by atoms with Gasteiger partial charge in [0.15, 0.2) is 6.61 Å². The molecule has 24 heavy (non-hydrogen) atoms. The average molecular weight is 323 g/mol. The Kier molecular flexibility index (Phi) is 4.94. The quantitative estimate of drug-likeness (QED) is 0.861. The van der Waals surface area contributed by atoms with E-state index in [2.05, 4.69) is 5.32 Å². The molecule has 0 aliphatic heterocycles. The average Bonchev–Trinajstić information content (AvgIpc) is 3.06. The molecule has 1 aliphatic rings. The van der Waals surface area contributed by atoms with Crippen LogP contribution in [0.2, 0.25) is 0 Å². The Balaban J connectivity index is 1.49. The zero-order valence-corrected chi connectivity index (χ0v) is 13.8. The van der Waals surface area contributed by atoms with Gasteiger partial charge in [-0.3, -0.25) is 4.79 Å². The lowest BCUT2D eigenvalue weighted by atomic mass is 10.1. The van der Waals surface area contributed by atoms with E-state index >= 15 is 0 Å². The van der Waals surface area contributed by atoms with Crippen LogP contribution in [0.5, 0.6) is 0 Å². The van der Waals surface area contributed by atoms with Crippen LogP contribution < -0.4 is 5.32 Å². The fraction of sp³-hybridized carbons (Fsp3) is 0.300. The molecule has 2 aromatic rings. The highest BCUT2D eigenvalue weighted by atomic mass is 16.5. The fourth-order valence-corrected chi connectivity index (χ4v) is 2.97. The van der Waals surface area contributed by atoms with Crippen LogP contribution in [-0.2, 0) is 28.9 Å². The molecule has 0 saturated heterocycles. The van der Waals surface area contributed by atoms with Gasteiger partial charge in [-0.2, -0.15) is 0 Å². The van der Waals surface area contributed by atoms with Crippen molar-refractivity contribution in [3.8, 4) is 0 Å². The first kappa shape index (κ1) is 16.2. The first-order valence-electron chi connectivity index (χ1n) is 8.23. The standard InChI is InChI=1S/C20H21NO3/c1-14-5-2-3-6-18(14)12-21-19(22)13-24-20(23)17-10-9-15-7-4-8-16(15)11-17/h2-3,5-6,9-11H,4,7-8,12-13H2,1H3,(H,21,22). The zero-order valence-electron chi connectivity index (χ0n) is 13.8. The zero-order chi connectivity index (χ0) is 16.9. The molecule has 0 heterocycles. The SMILES string of the molecule is Cc1ccccc1CNC(=O)COC(=O)c1ccc2c(c1)CCC2. The summed E-state index contributed by atoms with van der Waals surface area (Å²) in [5.74, 6) is -0.747. The number of nitrogens with one attached hydrogen (secondary N) is 1. The van der Waals surface area contributed by atoms with E-state index in [1.54, 1.807) is 6.07 Å². The van der Waals surface area contributed by atoms with Gasteiger partial charge >= 0.3 is 5.97 Å². The minimum atomic E-state index is -0.448. The molecule has 0 spiro atoms. The largest absolute Gasteiger partial charge is 0.452 e. The second-order valence-corrected chi connectivity index (χ2v) is 6.12. The third kappa shape index (κ3) is 3.82. The number of amides is 1. The summed E-state index contributed by atoms with van der Waals surface area (Å²) in [6.45, 7) is 2.17. The van der Waals surface area contributed by atoms with E-state index in [1.807, 2.05) is 43.3 Å². The number of fused-ring (bicyclic) bond motifs is 1. The second-order valence-electron chi connectivity index (χ2n) is 6.12. The number of rotatable bonds is 5. The Hall–Kier alpha value is -2.62. The summed E-state index contributed by atoms with van der Waals surface area (Å²) >= 11 is 0. The summed E-state index contributed by atoms with van der Waals surface area (Å²) in [5.41, 5.74) is 5.21. The normalized spacial score (nSPS) is 12.5. The van der Waals surface area contributed by atoms with Crippen molar-refractivity contribution >= 4 is 11.9 Å². The molecule has 0 aromatic heterocycles. The number of benzene rings is 2. The minimum absolute atomic E-state index is 0.262. The van der Waals surface area contributed by atoms with Gasteiger partial charge in [-0.05, 0) is 60.6 Å². The van der Waals surface area contributed by atoms with Crippen LogP contribution in [0.25, 0.3) is 0 Å². The third-order valence-corrected chi connectivity index (χ3v) is 4.41. The number of ether oxygens (including phenoxy) is 1. The van der Waals surface area contributed by atoms with E-state index in [0.29, 0.717) is 12.1 Å². The van der Waals surface area contributed by atoms with E-state index in [9.17, 15) is 9.59 Å². The van der Waals surface area contributed by atoms with Gasteiger partial charge in [-0.25, -0.2) is 4.79 Å². The number of esters is 1. The molecule has 0 atom stereocenters. The molecule has 0 saturated carbocycles. The van der Waals surface area contributed by atoms with Crippen LogP contribution in [0.15, 0.2) is 42.5 Å². The van der Waals surface area contributed by atoms with Gasteiger partial charge in [-0.15, -0.1) is 0 Å². The molecule has 0 unspecified atom stereocenters. The van der Waals surface area contributed by atoms with Crippen LogP contribution >= 0.6 is 0 Å². The number of hydrogen-bond donors (Lipinski definition) is 1. The number of carbonyl (C=O) groups is 2. The predicted octanol–water partition coefficient (Wildman–Crippen LogP) is 2.96. The molecular formula is C20H21NO3. The van der Waals surface area contributed by atoms with Crippen LogP contribution in [-0.4, -0.2) is 18.5 Å². The lowest BCUT2D eigenvalue weighted by Gasteiger charge is -2.09. The van der Waals surface area contributed by atoms with Crippen LogP contribution in [0.3, 0.4) is 0 Å². The molecule has 3 rings (SSSR count). The van der Waals surface area contributed by atoms with Crippen molar-refractivity contribution in [3.63, 3.8) is 0 Å². The molecule has 124 valence electrons. The van der Waals surface area contributed by atoms with Gasteiger partial charge in [-0.1, -0.05) is 30.3 Å². The maximum absolute atomic E-state index is 12.1. The van der Waals surface area contributed by atoms with Gasteiger partial charge in [0.25, 0.3) is 5.91 Å². The molecule has 0 fully saturated rings. The van der Waals surface area contributed by atoms with E-state index in [0.717, 1.165) is 30.4 Å². The predicted molar refractivity (Wildman–Crippen MR) is 91.8 cm³/mol. The Bertz CT molecular complexity index is 767. The summed E-state index contributed by atoms with van der Waals surface area (Å²) in [6, 6.07) is 13.5. The van der Waals surface area contributed by atoms with Crippen molar-refractivity contribution in [2.24, 2.45) is 0 Å². The molecule has 1 amide bonds. The van der Waals surface area contributed by atoms with Crippen molar-refractivity contribution in [3.05, 3.63) is 70.3 Å². The van der Waals surface area contributed by atoms with E-state index in [-0.39, 0.29) is 12.5 Å². The molecule has 1 aliphatic carbocycles. The Morgan fingerprint density at radius 1 is 1.08 bits per heavy atom. The summed E-state index contributed by atoms with van der Waals surface area (Å²) < 4.78 is 5.12. The highest BCUT2D eigenvalue weighted by molar-refractivity contribution is 5.91. The van der Waals surface area contributed by atoms with Gasteiger partial charge in [0.05, 0.1) is 5.56 Å². The summed E-state index contributed by atoms with van der Waals surface area (Å²) in [5, 5.41) is 2.77. The van der Waals surface area contributed by atoms with Crippen molar-refractivity contribution in [1.82, 2.24) is 5.32 Å². The maximum atomic E-state index is 12.1. The molecule has 4 nitrogen and oxygen atoms in total.